The molecule has 0 aliphatic heterocycles. The van der Waals surface area contributed by atoms with Crippen molar-refractivity contribution in [3.05, 3.63) is 58.1 Å². The lowest BCUT2D eigenvalue weighted by atomic mass is 10.1. The molecule has 7 heteroatoms. The van der Waals surface area contributed by atoms with Crippen LogP contribution in [0.15, 0.2) is 46.9 Å². The molecule has 0 unspecified atom stereocenters. The zero-order valence-electron chi connectivity index (χ0n) is 10.5. The van der Waals surface area contributed by atoms with E-state index in [1.165, 1.54) is 12.1 Å². The summed E-state index contributed by atoms with van der Waals surface area (Å²) in [6.07, 6.45) is -4.33. The maximum absolute atomic E-state index is 12.5. The molecule has 2 aromatic carbocycles. The molecule has 0 fully saturated rings. The van der Waals surface area contributed by atoms with Crippen LogP contribution >= 0.6 is 28.1 Å². The molecule has 0 amide bonds. The summed E-state index contributed by atoms with van der Waals surface area (Å²) in [7, 11) is 0. The molecule has 0 aromatic heterocycles. The van der Waals surface area contributed by atoms with Crippen LogP contribution in [0.25, 0.3) is 0 Å². The molecule has 0 saturated heterocycles. The van der Waals surface area contributed by atoms with Crippen LogP contribution in [0.5, 0.6) is 0 Å². The maximum Gasteiger partial charge on any atom is 0.416 e. The molecule has 110 valence electrons. The molecule has 2 rings (SSSR count). The van der Waals surface area contributed by atoms with Gasteiger partial charge < -0.3 is 11.1 Å². The lowest BCUT2D eigenvalue weighted by Crippen LogP contribution is -2.10. The molecule has 0 saturated carbocycles. The van der Waals surface area contributed by atoms with Crippen molar-refractivity contribution in [2.24, 2.45) is 5.73 Å². The van der Waals surface area contributed by atoms with Gasteiger partial charge in [0.25, 0.3) is 0 Å². The maximum atomic E-state index is 12.5. The summed E-state index contributed by atoms with van der Waals surface area (Å²) in [5.41, 5.74) is 6.83. The Morgan fingerprint density at radius 2 is 1.62 bits per heavy atom. The quantitative estimate of drug-likeness (QED) is 0.754. The number of anilines is 2. The van der Waals surface area contributed by atoms with Gasteiger partial charge >= 0.3 is 6.18 Å². The number of alkyl halides is 3. The number of thiocarbonyl (C=S) groups is 1. The summed E-state index contributed by atoms with van der Waals surface area (Å²) in [4.78, 5) is 0.267. The van der Waals surface area contributed by atoms with Crippen LogP contribution in [0.1, 0.15) is 11.1 Å². The third kappa shape index (κ3) is 3.95. The van der Waals surface area contributed by atoms with E-state index in [1.807, 2.05) is 0 Å². The van der Waals surface area contributed by atoms with Crippen molar-refractivity contribution < 1.29 is 13.2 Å². The van der Waals surface area contributed by atoms with E-state index in [9.17, 15) is 13.2 Å². The standard InChI is InChI=1S/C14H10BrF3N2S/c15-12-7-10(5-6-11(12)13(19)21)20-9-3-1-8(2-4-9)14(16,17)18/h1-7,20H,(H2,19,21). The highest BCUT2D eigenvalue weighted by atomic mass is 79.9. The highest BCUT2D eigenvalue weighted by Crippen LogP contribution is 2.31. The van der Waals surface area contributed by atoms with Crippen molar-refractivity contribution in [1.29, 1.82) is 0 Å². The minimum Gasteiger partial charge on any atom is -0.389 e. The number of halogens is 4. The first-order valence-electron chi connectivity index (χ1n) is 5.81. The Balaban J connectivity index is 2.19. The van der Waals surface area contributed by atoms with Crippen molar-refractivity contribution in [3.8, 4) is 0 Å². The topological polar surface area (TPSA) is 38.0 Å². The largest absolute Gasteiger partial charge is 0.416 e. The van der Waals surface area contributed by atoms with E-state index < -0.39 is 11.7 Å². The minimum absolute atomic E-state index is 0.267. The fourth-order valence-corrected chi connectivity index (χ4v) is 2.60. The van der Waals surface area contributed by atoms with Gasteiger partial charge in [0.1, 0.15) is 4.99 Å². The van der Waals surface area contributed by atoms with E-state index >= 15 is 0 Å². The fraction of sp³-hybridized carbons (Fsp3) is 0.0714. The van der Waals surface area contributed by atoms with E-state index in [4.69, 9.17) is 18.0 Å². The average Bonchev–Trinajstić information content (AvgIpc) is 2.38. The number of rotatable bonds is 3. The fourth-order valence-electron chi connectivity index (χ4n) is 1.70. The second-order valence-corrected chi connectivity index (χ2v) is 5.55. The van der Waals surface area contributed by atoms with Gasteiger partial charge in [-0.1, -0.05) is 12.2 Å². The number of nitrogens with two attached hydrogens (primary N) is 1. The van der Waals surface area contributed by atoms with Crippen molar-refractivity contribution in [1.82, 2.24) is 0 Å². The molecule has 0 aliphatic rings. The average molecular weight is 375 g/mol. The summed E-state index contributed by atoms with van der Waals surface area (Å²) < 4.78 is 38.1. The number of nitrogens with one attached hydrogen (secondary N) is 1. The van der Waals surface area contributed by atoms with Gasteiger partial charge in [0, 0.05) is 21.4 Å². The first kappa shape index (κ1) is 15.8. The molecule has 2 aromatic rings. The van der Waals surface area contributed by atoms with Crippen LogP contribution in [-0.2, 0) is 6.18 Å². The normalized spacial score (nSPS) is 11.2. The van der Waals surface area contributed by atoms with Gasteiger partial charge in [0.15, 0.2) is 0 Å². The highest BCUT2D eigenvalue weighted by Gasteiger charge is 2.29. The monoisotopic (exact) mass is 374 g/mol. The first-order valence-corrected chi connectivity index (χ1v) is 7.01. The summed E-state index contributed by atoms with van der Waals surface area (Å²) in [5.74, 6) is 0. The van der Waals surface area contributed by atoms with Crippen molar-refractivity contribution in [3.63, 3.8) is 0 Å². The highest BCUT2D eigenvalue weighted by molar-refractivity contribution is 9.10. The summed E-state index contributed by atoms with van der Waals surface area (Å²) in [6, 6.07) is 10.0. The molecule has 0 aliphatic carbocycles. The Morgan fingerprint density at radius 1 is 1.05 bits per heavy atom. The SMILES string of the molecule is NC(=S)c1ccc(Nc2ccc(C(F)(F)F)cc2)cc1Br. The zero-order chi connectivity index (χ0) is 15.6. The number of hydrogen-bond donors (Lipinski definition) is 2. The molecule has 3 N–H and O–H groups in total. The predicted octanol–water partition coefficient (Wildman–Crippen LogP) is 4.85. The first-order chi connectivity index (χ1) is 9.77. The van der Waals surface area contributed by atoms with Gasteiger partial charge in [-0.05, 0) is 58.4 Å². The second-order valence-electron chi connectivity index (χ2n) is 4.26. The van der Waals surface area contributed by atoms with Crippen LogP contribution in [0.3, 0.4) is 0 Å². The van der Waals surface area contributed by atoms with Crippen molar-refractivity contribution >= 4 is 44.5 Å². The summed E-state index contributed by atoms with van der Waals surface area (Å²) in [6.45, 7) is 0. The summed E-state index contributed by atoms with van der Waals surface area (Å²) in [5, 5.41) is 3.01. The molecule has 0 spiro atoms. The van der Waals surface area contributed by atoms with E-state index in [0.29, 0.717) is 21.4 Å². The third-order valence-electron chi connectivity index (χ3n) is 2.74. The smallest absolute Gasteiger partial charge is 0.389 e. The number of benzene rings is 2. The molecule has 21 heavy (non-hydrogen) atoms. The molecular weight excluding hydrogens is 365 g/mol. The van der Waals surface area contributed by atoms with Crippen LogP contribution in [0.4, 0.5) is 24.5 Å². The predicted molar refractivity (Wildman–Crippen MR) is 84.8 cm³/mol. The second kappa shape index (κ2) is 6.03. The molecule has 2 nitrogen and oxygen atoms in total. The lowest BCUT2D eigenvalue weighted by molar-refractivity contribution is -0.137. The van der Waals surface area contributed by atoms with Gasteiger partial charge in [-0.15, -0.1) is 0 Å². The van der Waals surface area contributed by atoms with Gasteiger partial charge in [-0.2, -0.15) is 13.2 Å². The third-order valence-corrected chi connectivity index (χ3v) is 3.61. The molecule has 0 atom stereocenters. The van der Waals surface area contributed by atoms with Gasteiger partial charge in [0.05, 0.1) is 5.56 Å². The lowest BCUT2D eigenvalue weighted by Gasteiger charge is -2.11. The van der Waals surface area contributed by atoms with Crippen molar-refractivity contribution in [2.45, 2.75) is 6.18 Å². The Kier molecular flexibility index (Phi) is 4.53. The number of hydrogen-bond acceptors (Lipinski definition) is 2. The minimum atomic E-state index is -4.33. The van der Waals surface area contributed by atoms with E-state index in [1.54, 1.807) is 18.2 Å². The Labute approximate surface area is 133 Å². The van der Waals surface area contributed by atoms with Crippen LogP contribution in [0, 0.1) is 0 Å². The Hall–Kier alpha value is -1.60. The Bertz CT molecular complexity index is 669. The molecule has 0 bridgehead atoms. The zero-order valence-corrected chi connectivity index (χ0v) is 12.9. The molecule has 0 heterocycles. The van der Waals surface area contributed by atoms with E-state index in [-0.39, 0.29) is 4.99 Å². The van der Waals surface area contributed by atoms with E-state index in [2.05, 4.69) is 21.2 Å². The van der Waals surface area contributed by atoms with Crippen LogP contribution in [0.2, 0.25) is 0 Å². The van der Waals surface area contributed by atoms with Crippen LogP contribution in [-0.4, -0.2) is 4.99 Å². The van der Waals surface area contributed by atoms with Gasteiger partial charge in [-0.25, -0.2) is 0 Å². The van der Waals surface area contributed by atoms with Crippen LogP contribution < -0.4 is 11.1 Å². The van der Waals surface area contributed by atoms with Gasteiger partial charge in [-0.3, -0.25) is 0 Å². The van der Waals surface area contributed by atoms with E-state index in [0.717, 1.165) is 12.1 Å². The molecule has 0 radical (unpaired) electrons. The van der Waals surface area contributed by atoms with Gasteiger partial charge in [0.2, 0.25) is 0 Å². The molecular formula is C14H10BrF3N2S. The summed E-state index contributed by atoms with van der Waals surface area (Å²) >= 11 is 8.24. The Morgan fingerprint density at radius 3 is 2.10 bits per heavy atom. The van der Waals surface area contributed by atoms with Crippen molar-refractivity contribution in [2.75, 3.05) is 5.32 Å².